The molecule has 5 heteroatoms. The summed E-state index contributed by atoms with van der Waals surface area (Å²) in [5.74, 6) is 0.0365. The van der Waals surface area contributed by atoms with Crippen molar-refractivity contribution in [2.24, 2.45) is 17.6 Å². The zero-order valence-electron chi connectivity index (χ0n) is 22.7. The van der Waals surface area contributed by atoms with Gasteiger partial charge in [0.1, 0.15) is 5.75 Å². The third-order valence-corrected chi connectivity index (χ3v) is 7.38. The van der Waals surface area contributed by atoms with E-state index in [1.165, 1.54) is 22.3 Å². The monoisotopic (exact) mass is 535 g/mol. The number of carboxylic acid groups (broad SMARTS) is 1. The van der Waals surface area contributed by atoms with E-state index in [4.69, 9.17) is 15.6 Å². The zero-order valence-corrected chi connectivity index (χ0v) is 22.7. The third-order valence-electron chi connectivity index (χ3n) is 7.38. The summed E-state index contributed by atoms with van der Waals surface area (Å²) in [5.41, 5.74) is 11.6. The number of carbonyl (C=O) groups excluding carboxylic acids is 1. The van der Waals surface area contributed by atoms with Crippen molar-refractivity contribution in [2.45, 2.75) is 38.5 Å². The van der Waals surface area contributed by atoms with Crippen LogP contribution in [0.15, 0.2) is 109 Å². The Balaban J connectivity index is 0.000000188. The van der Waals surface area contributed by atoms with E-state index in [2.05, 4.69) is 72.8 Å². The minimum Gasteiger partial charge on any atom is -0.481 e. The molecule has 0 spiro atoms. The topological polar surface area (TPSA) is 89.6 Å². The summed E-state index contributed by atoms with van der Waals surface area (Å²) in [6.45, 7) is 0.694. The summed E-state index contributed by atoms with van der Waals surface area (Å²) < 4.78 is 5.42. The molecule has 0 heterocycles. The molecule has 0 radical (unpaired) electrons. The molecule has 1 aliphatic carbocycles. The first-order valence-corrected chi connectivity index (χ1v) is 13.9. The van der Waals surface area contributed by atoms with Gasteiger partial charge in [-0.15, -0.1) is 0 Å². The standard InChI is InChI=1S/C18H14.C17H23NO4/c1-3-7-15(8-4-1)17-11-13-18(14-12-17)16-9-5-2-6-10-16;18-11-13-1-6-14(7-2-13)17(21)22-15-8-3-12(4-9-15)5-10-16(19)20/h1-14H;3-4,8-9,13-14H,1-2,5-7,10-11,18H2,(H,19,20)/t;13-,14-. The van der Waals surface area contributed by atoms with E-state index in [0.29, 0.717) is 24.6 Å². The van der Waals surface area contributed by atoms with E-state index in [1.807, 2.05) is 12.1 Å². The Bertz CT molecular complexity index is 1270. The second kappa shape index (κ2) is 14.8. The number of hydrogen-bond acceptors (Lipinski definition) is 4. The van der Waals surface area contributed by atoms with E-state index >= 15 is 0 Å². The van der Waals surface area contributed by atoms with Gasteiger partial charge in [-0.3, -0.25) is 9.59 Å². The number of carbonyl (C=O) groups is 2. The smallest absolute Gasteiger partial charge is 0.314 e. The molecule has 1 saturated carbocycles. The number of rotatable bonds is 8. The summed E-state index contributed by atoms with van der Waals surface area (Å²) >= 11 is 0. The Morgan fingerprint density at radius 2 is 1.15 bits per heavy atom. The predicted molar refractivity (Wildman–Crippen MR) is 160 cm³/mol. The molecular weight excluding hydrogens is 498 g/mol. The first-order chi connectivity index (χ1) is 19.5. The molecule has 0 atom stereocenters. The van der Waals surface area contributed by atoms with Gasteiger partial charge < -0.3 is 15.6 Å². The van der Waals surface area contributed by atoms with Gasteiger partial charge in [-0.05, 0) is 84.5 Å². The van der Waals surface area contributed by atoms with Crippen LogP contribution < -0.4 is 10.5 Å². The predicted octanol–water partition coefficient (Wildman–Crippen LogP) is 7.39. The molecule has 40 heavy (non-hydrogen) atoms. The van der Waals surface area contributed by atoms with Crippen molar-refractivity contribution in [2.75, 3.05) is 6.54 Å². The van der Waals surface area contributed by atoms with Crippen LogP contribution in [0.2, 0.25) is 0 Å². The molecule has 0 amide bonds. The summed E-state index contributed by atoms with van der Waals surface area (Å²) in [6.07, 6.45) is 4.25. The number of nitrogens with two attached hydrogens (primary N) is 1. The lowest BCUT2D eigenvalue weighted by Crippen LogP contribution is -2.28. The second-order valence-electron chi connectivity index (χ2n) is 10.2. The average Bonchev–Trinajstić information content (AvgIpc) is 3.02. The van der Waals surface area contributed by atoms with Crippen LogP contribution in [-0.2, 0) is 16.0 Å². The maximum absolute atomic E-state index is 12.1. The number of carboxylic acids is 1. The summed E-state index contributed by atoms with van der Waals surface area (Å²) in [5, 5.41) is 8.65. The fourth-order valence-electron chi connectivity index (χ4n) is 4.93. The molecule has 4 aromatic carbocycles. The Labute approximate surface area is 236 Å². The molecule has 4 aromatic rings. The molecule has 1 fully saturated rings. The summed E-state index contributed by atoms with van der Waals surface area (Å²) in [4.78, 5) is 22.7. The van der Waals surface area contributed by atoms with Crippen molar-refractivity contribution >= 4 is 11.9 Å². The minimum atomic E-state index is -0.816. The highest BCUT2D eigenvalue weighted by Gasteiger charge is 2.27. The fraction of sp³-hybridized carbons (Fsp3) is 0.257. The summed E-state index contributed by atoms with van der Waals surface area (Å²) in [7, 11) is 0. The van der Waals surface area contributed by atoms with Gasteiger partial charge in [-0.2, -0.15) is 0 Å². The van der Waals surface area contributed by atoms with Gasteiger partial charge in [0.05, 0.1) is 5.92 Å². The number of ether oxygens (including phenoxy) is 1. The molecule has 206 valence electrons. The maximum atomic E-state index is 12.1. The quantitative estimate of drug-likeness (QED) is 0.181. The van der Waals surface area contributed by atoms with Gasteiger partial charge in [0.25, 0.3) is 0 Å². The van der Waals surface area contributed by atoms with Crippen LogP contribution in [-0.4, -0.2) is 23.6 Å². The van der Waals surface area contributed by atoms with Crippen LogP contribution in [0.1, 0.15) is 37.7 Å². The maximum Gasteiger partial charge on any atom is 0.314 e. The van der Waals surface area contributed by atoms with Crippen molar-refractivity contribution in [1.29, 1.82) is 0 Å². The zero-order chi connectivity index (χ0) is 28.2. The van der Waals surface area contributed by atoms with Crippen LogP contribution in [0.25, 0.3) is 22.3 Å². The van der Waals surface area contributed by atoms with Gasteiger partial charge in [0, 0.05) is 6.42 Å². The minimum absolute atomic E-state index is 0.0329. The first kappa shape index (κ1) is 28.8. The molecule has 0 unspecified atom stereocenters. The lowest BCUT2D eigenvalue weighted by Gasteiger charge is -2.26. The molecule has 0 saturated heterocycles. The number of benzene rings is 4. The summed E-state index contributed by atoms with van der Waals surface area (Å²) in [6, 6.07) is 36.7. The van der Waals surface area contributed by atoms with Gasteiger partial charge in [-0.1, -0.05) is 97.1 Å². The Hall–Kier alpha value is -4.22. The van der Waals surface area contributed by atoms with Crippen LogP contribution in [0.3, 0.4) is 0 Å². The molecular formula is C35H37NO4. The molecule has 0 aliphatic heterocycles. The van der Waals surface area contributed by atoms with Gasteiger partial charge >= 0.3 is 11.9 Å². The second-order valence-corrected chi connectivity index (χ2v) is 10.2. The molecule has 3 N–H and O–H groups in total. The van der Waals surface area contributed by atoms with Gasteiger partial charge in [0.15, 0.2) is 0 Å². The van der Waals surface area contributed by atoms with Crippen LogP contribution in [0, 0.1) is 11.8 Å². The third kappa shape index (κ3) is 8.65. The number of aryl methyl sites for hydroxylation is 1. The Kier molecular flexibility index (Phi) is 10.6. The largest absolute Gasteiger partial charge is 0.481 e. The Morgan fingerprint density at radius 3 is 1.60 bits per heavy atom. The lowest BCUT2D eigenvalue weighted by atomic mass is 9.82. The van der Waals surface area contributed by atoms with E-state index in [-0.39, 0.29) is 18.3 Å². The highest BCUT2D eigenvalue weighted by atomic mass is 16.5. The van der Waals surface area contributed by atoms with E-state index < -0.39 is 5.97 Å². The highest BCUT2D eigenvalue weighted by Crippen LogP contribution is 2.29. The van der Waals surface area contributed by atoms with Crippen molar-refractivity contribution in [3.63, 3.8) is 0 Å². The van der Waals surface area contributed by atoms with E-state index in [1.54, 1.807) is 24.3 Å². The number of esters is 1. The normalized spacial score (nSPS) is 16.3. The molecule has 0 aromatic heterocycles. The average molecular weight is 536 g/mol. The van der Waals surface area contributed by atoms with Gasteiger partial charge in [-0.25, -0.2) is 0 Å². The lowest BCUT2D eigenvalue weighted by molar-refractivity contribution is -0.140. The van der Waals surface area contributed by atoms with Crippen LogP contribution >= 0.6 is 0 Å². The van der Waals surface area contributed by atoms with Crippen molar-refractivity contribution in [1.82, 2.24) is 0 Å². The molecule has 1 aliphatic rings. The highest BCUT2D eigenvalue weighted by molar-refractivity contribution is 5.75. The van der Waals surface area contributed by atoms with Crippen molar-refractivity contribution < 1.29 is 19.4 Å². The first-order valence-electron chi connectivity index (χ1n) is 13.9. The molecule has 5 nitrogen and oxygen atoms in total. The fourth-order valence-corrected chi connectivity index (χ4v) is 4.93. The van der Waals surface area contributed by atoms with E-state index in [9.17, 15) is 9.59 Å². The van der Waals surface area contributed by atoms with Gasteiger partial charge in [0.2, 0.25) is 0 Å². The molecule has 5 rings (SSSR count). The number of aliphatic carboxylic acids is 1. The number of hydrogen-bond donors (Lipinski definition) is 2. The van der Waals surface area contributed by atoms with Crippen molar-refractivity contribution in [3.8, 4) is 28.0 Å². The van der Waals surface area contributed by atoms with E-state index in [0.717, 1.165) is 31.2 Å². The van der Waals surface area contributed by atoms with Crippen LogP contribution in [0.5, 0.6) is 5.75 Å². The van der Waals surface area contributed by atoms with Crippen LogP contribution in [0.4, 0.5) is 0 Å². The SMILES string of the molecule is NC[C@H]1CC[C@H](C(=O)Oc2ccc(CCC(=O)O)cc2)CC1.c1ccc(-c2ccc(-c3ccccc3)cc2)cc1. The molecule has 0 bridgehead atoms. The Morgan fingerprint density at radius 1 is 0.675 bits per heavy atom. The van der Waals surface area contributed by atoms with Crippen molar-refractivity contribution in [3.05, 3.63) is 115 Å².